The lowest BCUT2D eigenvalue weighted by molar-refractivity contribution is -0.0609. The van der Waals surface area contributed by atoms with Gasteiger partial charge < -0.3 is 14.6 Å². The van der Waals surface area contributed by atoms with Gasteiger partial charge in [0.25, 0.3) is 0 Å². The molecule has 0 atom stereocenters. The average molecular weight is 295 g/mol. The van der Waals surface area contributed by atoms with Crippen LogP contribution in [0.25, 0.3) is 0 Å². The Bertz CT molecular complexity index is 423. The molecule has 0 aromatic carbocycles. The molecule has 1 aromatic rings. The fourth-order valence-corrected chi connectivity index (χ4v) is 2.92. The van der Waals surface area contributed by atoms with Gasteiger partial charge in [-0.1, -0.05) is 25.9 Å². The second-order valence-electron chi connectivity index (χ2n) is 6.61. The van der Waals surface area contributed by atoms with Crippen LogP contribution < -0.4 is 5.32 Å². The highest BCUT2D eigenvalue weighted by molar-refractivity contribution is 5.04. The van der Waals surface area contributed by atoms with Crippen LogP contribution in [0, 0.1) is 5.92 Å². The predicted octanol–water partition coefficient (Wildman–Crippen LogP) is 3.05. The maximum atomic E-state index is 5.79. The summed E-state index contributed by atoms with van der Waals surface area (Å²) in [5, 5.41) is 7.59. The van der Waals surface area contributed by atoms with Crippen LogP contribution in [0.15, 0.2) is 4.52 Å². The number of ether oxygens (including phenoxy) is 1. The molecule has 1 N–H and O–H groups in total. The zero-order valence-electron chi connectivity index (χ0n) is 13.8. The lowest BCUT2D eigenvalue weighted by Gasteiger charge is -2.35. The van der Waals surface area contributed by atoms with Crippen molar-refractivity contribution < 1.29 is 9.26 Å². The summed E-state index contributed by atoms with van der Waals surface area (Å²) in [5.41, 5.74) is -0.329. The Balaban J connectivity index is 1.91. The fourth-order valence-electron chi connectivity index (χ4n) is 2.92. The molecule has 21 heavy (non-hydrogen) atoms. The van der Waals surface area contributed by atoms with Gasteiger partial charge in [-0.3, -0.25) is 0 Å². The molecule has 0 spiro atoms. The molecular weight excluding hydrogens is 266 g/mol. The number of aryl methyl sites for hydroxylation is 1. The minimum atomic E-state index is -0.329. The molecule has 5 heteroatoms. The van der Waals surface area contributed by atoms with Crippen LogP contribution >= 0.6 is 0 Å². The van der Waals surface area contributed by atoms with Gasteiger partial charge in [0.1, 0.15) is 5.60 Å². The molecule has 120 valence electrons. The third-order valence-corrected chi connectivity index (χ3v) is 4.47. The van der Waals surface area contributed by atoms with Gasteiger partial charge in [-0.15, -0.1) is 0 Å². The smallest absolute Gasteiger partial charge is 0.226 e. The van der Waals surface area contributed by atoms with Crippen LogP contribution in [0.5, 0.6) is 0 Å². The maximum absolute atomic E-state index is 5.79. The summed E-state index contributed by atoms with van der Waals surface area (Å²) in [4.78, 5) is 4.59. The van der Waals surface area contributed by atoms with Crippen LogP contribution in [0.2, 0.25) is 0 Å². The lowest BCUT2D eigenvalue weighted by Crippen LogP contribution is -2.34. The van der Waals surface area contributed by atoms with Gasteiger partial charge in [-0.25, -0.2) is 0 Å². The van der Waals surface area contributed by atoms with E-state index in [-0.39, 0.29) is 5.60 Å². The normalized spacial score (nSPS) is 26.4. The van der Waals surface area contributed by atoms with Gasteiger partial charge >= 0.3 is 0 Å². The molecule has 0 bridgehead atoms. The van der Waals surface area contributed by atoms with Crippen molar-refractivity contribution in [1.29, 1.82) is 0 Å². The molecule has 1 aromatic heterocycles. The van der Waals surface area contributed by atoms with Gasteiger partial charge in [-0.2, -0.15) is 4.98 Å². The Labute approximate surface area is 127 Å². The number of methoxy groups -OCH3 is 1. The van der Waals surface area contributed by atoms with Crippen molar-refractivity contribution in [2.45, 2.75) is 70.9 Å². The van der Waals surface area contributed by atoms with Crippen LogP contribution in [0.4, 0.5) is 0 Å². The Morgan fingerprint density at radius 2 is 2.10 bits per heavy atom. The number of nitrogens with zero attached hydrogens (tertiary/aromatic N) is 2. The maximum Gasteiger partial charge on any atom is 0.226 e. The van der Waals surface area contributed by atoms with Gasteiger partial charge in [0.15, 0.2) is 0 Å². The van der Waals surface area contributed by atoms with E-state index in [1.54, 1.807) is 7.11 Å². The summed E-state index contributed by atoms with van der Waals surface area (Å²) in [7, 11) is 1.76. The van der Waals surface area contributed by atoms with Gasteiger partial charge in [0, 0.05) is 19.6 Å². The molecule has 0 saturated heterocycles. The van der Waals surface area contributed by atoms with Crippen LogP contribution in [0.3, 0.4) is 0 Å². The highest BCUT2D eigenvalue weighted by Crippen LogP contribution is 2.40. The van der Waals surface area contributed by atoms with Gasteiger partial charge in [0.2, 0.25) is 11.7 Å². The first-order valence-corrected chi connectivity index (χ1v) is 8.17. The molecule has 0 unspecified atom stereocenters. The fraction of sp³-hybridized carbons (Fsp3) is 0.875. The highest BCUT2D eigenvalue weighted by Gasteiger charge is 2.40. The number of aromatic nitrogens is 2. The third kappa shape index (κ3) is 4.27. The largest absolute Gasteiger partial charge is 0.370 e. The Kier molecular flexibility index (Phi) is 5.76. The predicted molar refractivity (Wildman–Crippen MR) is 82.1 cm³/mol. The molecule has 1 aliphatic carbocycles. The highest BCUT2D eigenvalue weighted by atomic mass is 16.5. The topological polar surface area (TPSA) is 60.2 Å². The van der Waals surface area contributed by atoms with Gasteiger partial charge in [-0.05, 0) is 44.6 Å². The van der Waals surface area contributed by atoms with Crippen molar-refractivity contribution in [3.05, 3.63) is 11.7 Å². The minimum absolute atomic E-state index is 0.329. The first kappa shape index (κ1) is 16.4. The molecule has 1 fully saturated rings. The zero-order valence-corrected chi connectivity index (χ0v) is 13.8. The summed E-state index contributed by atoms with van der Waals surface area (Å²) in [6.07, 6.45) is 6.13. The number of hydrogen-bond acceptors (Lipinski definition) is 5. The van der Waals surface area contributed by atoms with Crippen LogP contribution in [0.1, 0.15) is 64.6 Å². The van der Waals surface area contributed by atoms with E-state index in [0.29, 0.717) is 6.04 Å². The molecular formula is C16H29N3O2. The zero-order chi connectivity index (χ0) is 15.3. The van der Waals surface area contributed by atoms with Crippen molar-refractivity contribution in [3.8, 4) is 0 Å². The van der Waals surface area contributed by atoms with Crippen LogP contribution in [-0.4, -0.2) is 29.8 Å². The molecule has 0 amide bonds. The Hall–Kier alpha value is -0.940. The third-order valence-electron chi connectivity index (χ3n) is 4.47. The summed E-state index contributed by atoms with van der Waals surface area (Å²) < 4.78 is 11.2. The molecule has 1 saturated carbocycles. The van der Waals surface area contributed by atoms with Crippen molar-refractivity contribution in [3.63, 3.8) is 0 Å². The summed E-state index contributed by atoms with van der Waals surface area (Å²) in [6.45, 7) is 7.57. The molecule has 0 aliphatic heterocycles. The van der Waals surface area contributed by atoms with E-state index in [2.05, 4.69) is 36.2 Å². The summed E-state index contributed by atoms with van der Waals surface area (Å²) in [6, 6.07) is 0.518. The van der Waals surface area contributed by atoms with Gasteiger partial charge in [0.05, 0.1) is 0 Å². The lowest BCUT2D eigenvalue weighted by atomic mass is 9.79. The van der Waals surface area contributed by atoms with E-state index in [4.69, 9.17) is 9.26 Å². The van der Waals surface area contributed by atoms with E-state index >= 15 is 0 Å². The SMILES string of the molecule is COC1(c2noc(CCCNC(C)C)n2)CCC(C)CC1. The standard InChI is InChI=1S/C16H29N3O2/c1-12(2)17-11-5-6-14-18-15(19-21-14)16(20-4)9-7-13(3)8-10-16/h12-13,17H,5-11H2,1-4H3. The monoisotopic (exact) mass is 295 g/mol. The first-order chi connectivity index (χ1) is 10.1. The molecule has 2 rings (SSSR count). The first-order valence-electron chi connectivity index (χ1n) is 8.17. The second-order valence-corrected chi connectivity index (χ2v) is 6.61. The van der Waals surface area contributed by atoms with Crippen molar-refractivity contribution in [1.82, 2.24) is 15.5 Å². The second kappa shape index (κ2) is 7.36. The number of rotatable bonds is 7. The number of nitrogens with one attached hydrogen (secondary N) is 1. The van der Waals surface area contributed by atoms with Crippen LogP contribution in [-0.2, 0) is 16.8 Å². The summed E-state index contributed by atoms with van der Waals surface area (Å²) >= 11 is 0. The number of hydrogen-bond donors (Lipinski definition) is 1. The average Bonchev–Trinajstić information content (AvgIpc) is 2.94. The molecule has 5 nitrogen and oxygen atoms in total. The Morgan fingerprint density at radius 3 is 2.71 bits per heavy atom. The van der Waals surface area contributed by atoms with Crippen molar-refractivity contribution in [2.24, 2.45) is 5.92 Å². The van der Waals surface area contributed by atoms with Crippen molar-refractivity contribution in [2.75, 3.05) is 13.7 Å². The molecule has 1 aliphatic rings. The van der Waals surface area contributed by atoms with E-state index in [1.807, 2.05) is 0 Å². The van der Waals surface area contributed by atoms with Crippen molar-refractivity contribution >= 4 is 0 Å². The van der Waals surface area contributed by atoms with E-state index < -0.39 is 0 Å². The summed E-state index contributed by atoms with van der Waals surface area (Å²) in [5.74, 6) is 2.23. The van der Waals surface area contributed by atoms with E-state index in [0.717, 1.165) is 62.7 Å². The minimum Gasteiger partial charge on any atom is -0.370 e. The molecule has 1 heterocycles. The quantitative estimate of drug-likeness (QED) is 0.783. The van der Waals surface area contributed by atoms with E-state index in [1.165, 1.54) is 0 Å². The Morgan fingerprint density at radius 1 is 1.38 bits per heavy atom. The van der Waals surface area contributed by atoms with E-state index in [9.17, 15) is 0 Å². The molecule has 0 radical (unpaired) electrons.